The molecule has 2 atom stereocenters. The molecule has 0 amide bonds. The van der Waals surface area contributed by atoms with Gasteiger partial charge in [0, 0.05) is 11.5 Å². The fourth-order valence-electron chi connectivity index (χ4n) is 1.68. The molecule has 0 bridgehead atoms. The van der Waals surface area contributed by atoms with Crippen molar-refractivity contribution in [3.8, 4) is 5.75 Å². The molecule has 14 heavy (non-hydrogen) atoms. The minimum Gasteiger partial charge on any atom is -0.497 e. The molecule has 0 spiro atoms. The first-order valence-corrected chi connectivity index (χ1v) is 4.90. The lowest BCUT2D eigenvalue weighted by Gasteiger charge is -2.02. The zero-order chi connectivity index (χ0) is 10.1. The molecule has 2 rings (SSSR count). The van der Waals surface area contributed by atoms with E-state index in [1.165, 1.54) is 0 Å². The lowest BCUT2D eigenvalue weighted by molar-refractivity contribution is 0.0962. The highest BCUT2D eigenvalue weighted by atomic mass is 16.5. The van der Waals surface area contributed by atoms with Crippen LogP contribution in [0.3, 0.4) is 0 Å². The van der Waals surface area contributed by atoms with Crippen molar-refractivity contribution < 1.29 is 9.53 Å². The average Bonchev–Trinajstić information content (AvgIpc) is 2.94. The van der Waals surface area contributed by atoms with Gasteiger partial charge in [-0.1, -0.05) is 19.1 Å². The van der Waals surface area contributed by atoms with Crippen molar-refractivity contribution in [1.82, 2.24) is 0 Å². The van der Waals surface area contributed by atoms with Crippen molar-refractivity contribution in [2.45, 2.75) is 13.3 Å². The Balaban J connectivity index is 2.19. The van der Waals surface area contributed by atoms with Gasteiger partial charge in [0.25, 0.3) is 0 Å². The topological polar surface area (TPSA) is 26.3 Å². The van der Waals surface area contributed by atoms with Crippen LogP contribution < -0.4 is 4.74 Å². The van der Waals surface area contributed by atoms with Gasteiger partial charge in [-0.15, -0.1) is 0 Å². The zero-order valence-electron chi connectivity index (χ0n) is 8.49. The van der Waals surface area contributed by atoms with Gasteiger partial charge < -0.3 is 4.74 Å². The van der Waals surface area contributed by atoms with Crippen LogP contribution in [0.25, 0.3) is 0 Å². The fraction of sp³-hybridized carbons (Fsp3) is 0.417. The minimum atomic E-state index is 0.252. The lowest BCUT2D eigenvalue weighted by Crippen LogP contribution is -2.02. The van der Waals surface area contributed by atoms with Crippen molar-refractivity contribution in [3.05, 3.63) is 29.8 Å². The van der Waals surface area contributed by atoms with E-state index in [-0.39, 0.29) is 11.7 Å². The number of carbonyl (C=O) groups is 1. The van der Waals surface area contributed by atoms with Gasteiger partial charge in [0.1, 0.15) is 5.75 Å². The summed E-state index contributed by atoms with van der Waals surface area (Å²) in [6, 6.07) is 7.38. The molecule has 2 nitrogen and oxygen atoms in total. The number of carbonyl (C=O) groups excluding carboxylic acids is 1. The van der Waals surface area contributed by atoms with E-state index in [0.29, 0.717) is 5.92 Å². The first-order valence-electron chi connectivity index (χ1n) is 4.90. The highest BCUT2D eigenvalue weighted by molar-refractivity contribution is 5.99. The maximum Gasteiger partial charge on any atom is 0.166 e. The van der Waals surface area contributed by atoms with Crippen molar-refractivity contribution in [2.75, 3.05) is 7.11 Å². The molecule has 74 valence electrons. The summed E-state index contributed by atoms with van der Waals surface area (Å²) in [5.74, 6) is 1.83. The summed E-state index contributed by atoms with van der Waals surface area (Å²) in [6.45, 7) is 2.11. The molecular formula is C12H14O2. The van der Waals surface area contributed by atoms with Crippen LogP contribution in [0.5, 0.6) is 5.75 Å². The fourth-order valence-corrected chi connectivity index (χ4v) is 1.68. The summed E-state index contributed by atoms with van der Waals surface area (Å²) >= 11 is 0. The quantitative estimate of drug-likeness (QED) is 0.684. The predicted octanol–water partition coefficient (Wildman–Crippen LogP) is 2.53. The molecule has 1 fully saturated rings. The van der Waals surface area contributed by atoms with Crippen LogP contribution in [0.15, 0.2) is 24.3 Å². The third kappa shape index (κ3) is 1.65. The summed E-state index contributed by atoms with van der Waals surface area (Å²) in [6.07, 6.45) is 1.04. The summed E-state index contributed by atoms with van der Waals surface area (Å²) < 4.78 is 5.08. The Hall–Kier alpha value is -1.31. The van der Waals surface area contributed by atoms with E-state index in [0.717, 1.165) is 17.7 Å². The number of ether oxygens (including phenoxy) is 1. The van der Waals surface area contributed by atoms with E-state index in [4.69, 9.17) is 4.74 Å². The molecule has 1 saturated carbocycles. The van der Waals surface area contributed by atoms with Gasteiger partial charge in [-0.3, -0.25) is 4.79 Å². The molecule has 0 saturated heterocycles. The van der Waals surface area contributed by atoms with Crippen molar-refractivity contribution in [1.29, 1.82) is 0 Å². The van der Waals surface area contributed by atoms with Gasteiger partial charge in [0.05, 0.1) is 7.11 Å². The van der Waals surface area contributed by atoms with Gasteiger partial charge in [-0.05, 0) is 24.5 Å². The Morgan fingerprint density at radius 3 is 2.79 bits per heavy atom. The number of methoxy groups -OCH3 is 1. The molecule has 0 N–H and O–H groups in total. The Labute approximate surface area is 83.9 Å². The van der Waals surface area contributed by atoms with Crippen LogP contribution in [-0.4, -0.2) is 12.9 Å². The molecule has 0 heterocycles. The Morgan fingerprint density at radius 2 is 2.21 bits per heavy atom. The second-order valence-electron chi connectivity index (χ2n) is 3.92. The van der Waals surface area contributed by atoms with Gasteiger partial charge >= 0.3 is 0 Å². The van der Waals surface area contributed by atoms with Crippen LogP contribution in [-0.2, 0) is 0 Å². The molecule has 1 aliphatic rings. The van der Waals surface area contributed by atoms with E-state index >= 15 is 0 Å². The maximum absolute atomic E-state index is 11.8. The first-order chi connectivity index (χ1) is 6.72. The lowest BCUT2D eigenvalue weighted by atomic mass is 10.1. The normalized spacial score (nSPS) is 24.4. The third-order valence-corrected chi connectivity index (χ3v) is 2.80. The molecule has 1 aromatic rings. The van der Waals surface area contributed by atoms with Crippen LogP contribution in [0.1, 0.15) is 23.7 Å². The van der Waals surface area contributed by atoms with Crippen molar-refractivity contribution in [3.63, 3.8) is 0 Å². The van der Waals surface area contributed by atoms with Crippen molar-refractivity contribution in [2.24, 2.45) is 11.8 Å². The number of ketones is 1. The second-order valence-corrected chi connectivity index (χ2v) is 3.92. The highest BCUT2D eigenvalue weighted by Crippen LogP contribution is 2.40. The standard InChI is InChI=1S/C12H14O2/c1-8-6-11(8)12(13)9-4-3-5-10(7-9)14-2/h3-5,7-8,11H,6H2,1-2H3. The molecule has 1 aromatic carbocycles. The second kappa shape index (κ2) is 3.45. The monoisotopic (exact) mass is 190 g/mol. The largest absolute Gasteiger partial charge is 0.497 e. The summed E-state index contributed by atoms with van der Waals surface area (Å²) in [5, 5.41) is 0. The van der Waals surface area contributed by atoms with Gasteiger partial charge in [0.15, 0.2) is 5.78 Å². The number of hydrogen-bond donors (Lipinski definition) is 0. The van der Waals surface area contributed by atoms with Crippen LogP contribution in [0, 0.1) is 11.8 Å². The molecule has 0 aromatic heterocycles. The smallest absolute Gasteiger partial charge is 0.166 e. The average molecular weight is 190 g/mol. The summed E-state index contributed by atoms with van der Waals surface area (Å²) in [4.78, 5) is 11.8. The maximum atomic E-state index is 11.8. The molecule has 2 heteroatoms. The molecular weight excluding hydrogens is 176 g/mol. The van der Waals surface area contributed by atoms with Crippen LogP contribution in [0.2, 0.25) is 0 Å². The van der Waals surface area contributed by atoms with Gasteiger partial charge in [0.2, 0.25) is 0 Å². The third-order valence-electron chi connectivity index (χ3n) is 2.80. The molecule has 1 aliphatic carbocycles. The zero-order valence-corrected chi connectivity index (χ0v) is 8.49. The Bertz CT molecular complexity index is 357. The number of Topliss-reactive ketones (excluding diaryl/α,β-unsaturated/α-hetero) is 1. The number of rotatable bonds is 3. The minimum absolute atomic E-state index is 0.252. The molecule has 2 unspecified atom stereocenters. The van der Waals surface area contributed by atoms with Gasteiger partial charge in [-0.25, -0.2) is 0 Å². The van der Waals surface area contributed by atoms with E-state index in [9.17, 15) is 4.79 Å². The Kier molecular flexibility index (Phi) is 2.28. The molecule has 0 radical (unpaired) electrons. The highest BCUT2D eigenvalue weighted by Gasteiger charge is 2.39. The predicted molar refractivity (Wildman–Crippen MR) is 54.6 cm³/mol. The summed E-state index contributed by atoms with van der Waals surface area (Å²) in [7, 11) is 1.61. The van der Waals surface area contributed by atoms with Gasteiger partial charge in [-0.2, -0.15) is 0 Å². The van der Waals surface area contributed by atoms with E-state index in [1.54, 1.807) is 7.11 Å². The summed E-state index contributed by atoms with van der Waals surface area (Å²) in [5.41, 5.74) is 0.777. The Morgan fingerprint density at radius 1 is 1.50 bits per heavy atom. The number of benzene rings is 1. The SMILES string of the molecule is COc1cccc(C(=O)C2CC2C)c1. The van der Waals surface area contributed by atoms with E-state index < -0.39 is 0 Å². The van der Waals surface area contributed by atoms with Crippen molar-refractivity contribution >= 4 is 5.78 Å². The van der Waals surface area contributed by atoms with Crippen LogP contribution in [0.4, 0.5) is 0 Å². The van der Waals surface area contributed by atoms with Crippen LogP contribution >= 0.6 is 0 Å². The first kappa shape index (κ1) is 9.25. The van der Waals surface area contributed by atoms with E-state index in [2.05, 4.69) is 6.92 Å². The van der Waals surface area contributed by atoms with E-state index in [1.807, 2.05) is 24.3 Å². The molecule has 0 aliphatic heterocycles. The number of hydrogen-bond acceptors (Lipinski definition) is 2.